The van der Waals surface area contributed by atoms with Gasteiger partial charge in [-0.2, -0.15) is 0 Å². The molecule has 1 aromatic rings. The third-order valence-electron chi connectivity index (χ3n) is 3.84. The van der Waals surface area contributed by atoms with Crippen LogP contribution in [0.5, 0.6) is 0 Å². The Labute approximate surface area is 120 Å². The molecular weight excluding hydrogens is 255 g/mol. The molecule has 1 saturated heterocycles. The average Bonchev–Trinajstić information content (AvgIpc) is 2.48. The van der Waals surface area contributed by atoms with E-state index in [2.05, 4.69) is 12.2 Å². The maximum atomic E-state index is 13.3. The van der Waals surface area contributed by atoms with Crippen molar-refractivity contribution < 1.29 is 9.18 Å². The number of nitrogens with one attached hydrogen (secondary N) is 1. The number of amides is 1. The van der Waals surface area contributed by atoms with Crippen LogP contribution in [-0.4, -0.2) is 36.5 Å². The minimum absolute atomic E-state index is 0.0173. The summed E-state index contributed by atoms with van der Waals surface area (Å²) in [4.78, 5) is 14.6. The second kappa shape index (κ2) is 6.84. The lowest BCUT2D eigenvalue weighted by molar-refractivity contribution is 0.0649. The van der Waals surface area contributed by atoms with Crippen LogP contribution in [0.3, 0.4) is 0 Å². The summed E-state index contributed by atoms with van der Waals surface area (Å²) >= 11 is 0. The summed E-state index contributed by atoms with van der Waals surface area (Å²) < 4.78 is 13.3. The fraction of sp³-hybridized carbons (Fsp3) is 0.562. The molecule has 0 bridgehead atoms. The Morgan fingerprint density at radius 3 is 2.90 bits per heavy atom. The lowest BCUT2D eigenvalue weighted by Crippen LogP contribution is -2.49. The zero-order valence-corrected chi connectivity index (χ0v) is 12.3. The molecule has 0 spiro atoms. The number of carbonyl (C=O) groups is 1. The summed E-state index contributed by atoms with van der Waals surface area (Å²) in [6.07, 6.45) is 3.07. The van der Waals surface area contributed by atoms with Crippen LogP contribution >= 0.6 is 0 Å². The first-order valence-corrected chi connectivity index (χ1v) is 7.41. The Bertz CT molecular complexity index is 470. The van der Waals surface area contributed by atoms with Gasteiger partial charge >= 0.3 is 0 Å². The van der Waals surface area contributed by atoms with Crippen LogP contribution in [0, 0.1) is 12.7 Å². The quantitative estimate of drug-likeness (QED) is 0.918. The van der Waals surface area contributed by atoms with E-state index in [4.69, 9.17) is 0 Å². The van der Waals surface area contributed by atoms with E-state index in [1.807, 2.05) is 4.90 Å². The highest BCUT2D eigenvalue weighted by Crippen LogP contribution is 2.17. The number of halogens is 1. The molecule has 1 fully saturated rings. The zero-order valence-electron chi connectivity index (χ0n) is 12.3. The molecule has 0 aromatic heterocycles. The Hall–Kier alpha value is -1.42. The first-order chi connectivity index (χ1) is 9.63. The topological polar surface area (TPSA) is 32.3 Å². The number of nitrogens with zero attached hydrogens (tertiary/aromatic N) is 1. The number of hydrogen-bond donors (Lipinski definition) is 1. The van der Waals surface area contributed by atoms with E-state index < -0.39 is 0 Å². The molecule has 1 heterocycles. The molecule has 110 valence electrons. The molecule has 3 nitrogen and oxygen atoms in total. The Morgan fingerprint density at radius 2 is 2.30 bits per heavy atom. The third-order valence-corrected chi connectivity index (χ3v) is 3.84. The minimum Gasteiger partial charge on any atom is -0.334 e. The van der Waals surface area contributed by atoms with Gasteiger partial charge in [-0.3, -0.25) is 4.79 Å². The molecule has 1 N–H and O–H groups in total. The molecule has 1 amide bonds. The highest BCUT2D eigenvalue weighted by Gasteiger charge is 2.25. The van der Waals surface area contributed by atoms with Gasteiger partial charge < -0.3 is 10.2 Å². The van der Waals surface area contributed by atoms with E-state index in [1.54, 1.807) is 19.1 Å². The average molecular weight is 278 g/mol. The predicted octanol–water partition coefficient (Wildman–Crippen LogP) is 2.74. The second-order valence-electron chi connectivity index (χ2n) is 5.46. The lowest BCUT2D eigenvalue weighted by Gasteiger charge is -2.34. The van der Waals surface area contributed by atoms with Crippen molar-refractivity contribution in [2.45, 2.75) is 39.2 Å². The first-order valence-electron chi connectivity index (χ1n) is 7.41. The Morgan fingerprint density at radius 1 is 1.50 bits per heavy atom. The zero-order chi connectivity index (χ0) is 14.5. The lowest BCUT2D eigenvalue weighted by atomic mass is 10.0. The number of carbonyl (C=O) groups excluding carboxylic acids is 1. The molecule has 1 unspecified atom stereocenters. The molecule has 1 aliphatic rings. The number of hydrogen-bond acceptors (Lipinski definition) is 2. The number of benzene rings is 1. The van der Waals surface area contributed by atoms with Crippen molar-refractivity contribution in [3.63, 3.8) is 0 Å². The van der Waals surface area contributed by atoms with Gasteiger partial charge in [0.1, 0.15) is 5.82 Å². The summed E-state index contributed by atoms with van der Waals surface area (Å²) in [5, 5.41) is 3.35. The van der Waals surface area contributed by atoms with Crippen LogP contribution in [-0.2, 0) is 0 Å². The van der Waals surface area contributed by atoms with Crippen molar-refractivity contribution in [2.24, 2.45) is 0 Å². The summed E-state index contributed by atoms with van der Waals surface area (Å²) in [6, 6.07) is 4.87. The summed E-state index contributed by atoms with van der Waals surface area (Å²) in [7, 11) is 0. The number of rotatable bonds is 4. The molecule has 0 radical (unpaired) electrons. The fourth-order valence-corrected chi connectivity index (χ4v) is 2.73. The SMILES string of the molecule is CCCN(C(=O)c1ccc(F)c(C)c1)C1CCCNC1. The van der Waals surface area contributed by atoms with Crippen molar-refractivity contribution >= 4 is 5.91 Å². The van der Waals surface area contributed by atoms with Gasteiger partial charge in [0.05, 0.1) is 0 Å². The monoisotopic (exact) mass is 278 g/mol. The van der Waals surface area contributed by atoms with E-state index >= 15 is 0 Å². The van der Waals surface area contributed by atoms with Crippen molar-refractivity contribution in [1.29, 1.82) is 0 Å². The Kier molecular flexibility index (Phi) is 5.12. The predicted molar refractivity (Wildman–Crippen MR) is 78.4 cm³/mol. The van der Waals surface area contributed by atoms with Crippen molar-refractivity contribution in [3.8, 4) is 0 Å². The van der Waals surface area contributed by atoms with Crippen molar-refractivity contribution in [3.05, 3.63) is 35.1 Å². The van der Waals surface area contributed by atoms with Crippen LogP contribution in [0.2, 0.25) is 0 Å². The van der Waals surface area contributed by atoms with E-state index in [9.17, 15) is 9.18 Å². The van der Waals surface area contributed by atoms with E-state index in [0.29, 0.717) is 11.1 Å². The third kappa shape index (κ3) is 3.37. The van der Waals surface area contributed by atoms with Crippen LogP contribution in [0.4, 0.5) is 4.39 Å². The van der Waals surface area contributed by atoms with Crippen LogP contribution in [0.25, 0.3) is 0 Å². The van der Waals surface area contributed by atoms with E-state index in [0.717, 1.165) is 38.9 Å². The molecule has 2 rings (SSSR count). The second-order valence-corrected chi connectivity index (χ2v) is 5.46. The number of piperidine rings is 1. The van der Waals surface area contributed by atoms with Gasteiger partial charge in [-0.05, 0) is 56.5 Å². The van der Waals surface area contributed by atoms with Crippen molar-refractivity contribution in [2.75, 3.05) is 19.6 Å². The van der Waals surface area contributed by atoms with Gasteiger partial charge in [0.2, 0.25) is 0 Å². The van der Waals surface area contributed by atoms with E-state index in [1.165, 1.54) is 6.07 Å². The van der Waals surface area contributed by atoms with Crippen LogP contribution < -0.4 is 5.32 Å². The maximum Gasteiger partial charge on any atom is 0.254 e. The molecule has 4 heteroatoms. The van der Waals surface area contributed by atoms with Gasteiger partial charge in [-0.25, -0.2) is 4.39 Å². The standard InChI is InChI=1S/C16H23FN2O/c1-3-9-19(14-5-4-8-18-11-14)16(20)13-6-7-15(17)12(2)10-13/h6-7,10,14,18H,3-5,8-9,11H2,1-2H3. The molecule has 1 aliphatic heterocycles. The van der Waals surface area contributed by atoms with Gasteiger partial charge in [-0.15, -0.1) is 0 Å². The minimum atomic E-state index is -0.261. The molecule has 0 aliphatic carbocycles. The first kappa shape index (κ1) is 15.0. The Balaban J connectivity index is 2.18. The molecular formula is C16H23FN2O. The van der Waals surface area contributed by atoms with Gasteiger partial charge in [0.25, 0.3) is 5.91 Å². The fourth-order valence-electron chi connectivity index (χ4n) is 2.73. The largest absolute Gasteiger partial charge is 0.334 e. The smallest absolute Gasteiger partial charge is 0.254 e. The summed E-state index contributed by atoms with van der Waals surface area (Å²) in [6.45, 7) is 6.40. The molecule has 0 saturated carbocycles. The van der Waals surface area contributed by atoms with Crippen molar-refractivity contribution in [1.82, 2.24) is 10.2 Å². The van der Waals surface area contributed by atoms with Gasteiger partial charge in [0.15, 0.2) is 0 Å². The van der Waals surface area contributed by atoms with Crippen LogP contribution in [0.1, 0.15) is 42.1 Å². The van der Waals surface area contributed by atoms with E-state index in [-0.39, 0.29) is 17.8 Å². The summed E-state index contributed by atoms with van der Waals surface area (Å²) in [5.74, 6) is -0.244. The highest BCUT2D eigenvalue weighted by molar-refractivity contribution is 5.94. The number of aryl methyl sites for hydroxylation is 1. The molecule has 1 atom stereocenters. The summed E-state index contributed by atoms with van der Waals surface area (Å²) in [5.41, 5.74) is 1.11. The van der Waals surface area contributed by atoms with Gasteiger partial charge in [0, 0.05) is 24.7 Å². The molecule has 20 heavy (non-hydrogen) atoms. The maximum absolute atomic E-state index is 13.3. The molecule has 1 aromatic carbocycles. The van der Waals surface area contributed by atoms with Gasteiger partial charge in [-0.1, -0.05) is 6.92 Å². The highest BCUT2D eigenvalue weighted by atomic mass is 19.1. The normalized spacial score (nSPS) is 18.9. The van der Waals surface area contributed by atoms with Crippen LogP contribution in [0.15, 0.2) is 18.2 Å².